The smallest absolute Gasteiger partial charge is 0.213 e. The Hall–Kier alpha value is -0.960. The van der Waals surface area contributed by atoms with Gasteiger partial charge in [0, 0.05) is 61.4 Å². The number of carbonyl (C=O) groups excluding carboxylic acids is 2. The molecule has 0 radical (unpaired) electrons. The van der Waals surface area contributed by atoms with Crippen molar-refractivity contribution in [2.24, 2.45) is 0 Å². The molecule has 0 aromatic rings. The highest BCUT2D eigenvalue weighted by molar-refractivity contribution is 8.02. The molecule has 0 saturated heterocycles. The molecule has 0 unspecified atom stereocenters. The number of rotatable bonds is 25. The molecule has 8 heteroatoms. The molecule has 0 heterocycles. The zero-order valence-corrected chi connectivity index (χ0v) is 25.4. The van der Waals surface area contributed by atoms with Crippen LogP contribution in [0.4, 0.5) is 0 Å². The van der Waals surface area contributed by atoms with Gasteiger partial charge in [-0.1, -0.05) is 51.4 Å². The first-order valence-electron chi connectivity index (χ1n) is 13.4. The Labute approximate surface area is 230 Å². The average molecular weight is 545 g/mol. The topological polar surface area (TPSA) is 59.1 Å². The van der Waals surface area contributed by atoms with Gasteiger partial charge in [-0.25, -0.2) is 0 Å². The summed E-state index contributed by atoms with van der Waals surface area (Å²) in [5.74, 6) is 0. The highest BCUT2D eigenvalue weighted by Gasteiger charge is 2.11. The molecule has 0 aliphatic rings. The van der Waals surface area contributed by atoms with Crippen LogP contribution >= 0.6 is 23.5 Å². The van der Waals surface area contributed by atoms with E-state index in [0.717, 1.165) is 63.0 Å². The predicted molar refractivity (Wildman–Crippen MR) is 157 cm³/mol. The van der Waals surface area contributed by atoms with E-state index >= 15 is 0 Å². The molecule has 0 rings (SSSR count). The number of nitrogens with zero attached hydrogens (tertiary/aromatic N) is 2. The Bertz CT molecular complexity index is 587. The lowest BCUT2D eigenvalue weighted by Gasteiger charge is -2.21. The van der Waals surface area contributed by atoms with Crippen molar-refractivity contribution in [3.8, 4) is 0 Å². The molecule has 0 aliphatic carbocycles. The van der Waals surface area contributed by atoms with E-state index in [9.17, 15) is 9.59 Å². The second-order valence-electron chi connectivity index (χ2n) is 9.04. The van der Waals surface area contributed by atoms with E-state index in [2.05, 4.69) is 12.5 Å². The number of hydrogen-bond donors (Lipinski definition) is 0. The van der Waals surface area contributed by atoms with E-state index < -0.39 is 0 Å². The van der Waals surface area contributed by atoms with Crippen LogP contribution in [0.15, 0.2) is 21.2 Å². The number of methoxy groups -OCH3 is 2. The number of thioether (sulfide) groups is 2. The van der Waals surface area contributed by atoms with Crippen LogP contribution in [0, 0.1) is 0 Å². The molecule has 0 aromatic heterocycles. The van der Waals surface area contributed by atoms with Crippen LogP contribution in [0.1, 0.15) is 90.9 Å². The number of allylic oxidation sites excluding steroid dienone is 2. The molecular formula is C28H52N2O4S2. The highest BCUT2D eigenvalue weighted by Crippen LogP contribution is 2.24. The summed E-state index contributed by atoms with van der Waals surface area (Å²) < 4.78 is 10.4. The molecule has 0 spiro atoms. The van der Waals surface area contributed by atoms with Gasteiger partial charge in [-0.05, 0) is 39.2 Å². The van der Waals surface area contributed by atoms with Crippen molar-refractivity contribution < 1.29 is 19.1 Å². The molecule has 210 valence electrons. The van der Waals surface area contributed by atoms with Crippen LogP contribution in [0.25, 0.3) is 0 Å². The van der Waals surface area contributed by atoms with E-state index in [1.54, 1.807) is 37.7 Å². The summed E-state index contributed by atoms with van der Waals surface area (Å²) in [6.45, 7) is 7.03. The molecule has 6 nitrogen and oxygen atoms in total. The quantitative estimate of drug-likeness (QED) is 0.0905. The molecule has 0 aromatic carbocycles. The molecule has 0 aliphatic heterocycles. The van der Waals surface area contributed by atoms with Crippen molar-refractivity contribution in [3.63, 3.8) is 0 Å². The lowest BCUT2D eigenvalue weighted by atomic mass is 10.1. The second kappa shape index (κ2) is 24.4. The normalized spacial score (nSPS) is 12.7. The second-order valence-corrected chi connectivity index (χ2v) is 10.8. The minimum Gasteiger partial charge on any atom is -0.384 e. The summed E-state index contributed by atoms with van der Waals surface area (Å²) in [5.41, 5.74) is 2.13. The summed E-state index contributed by atoms with van der Waals surface area (Å²) in [6, 6.07) is 0. The maximum atomic E-state index is 11.5. The third kappa shape index (κ3) is 16.0. The molecule has 2 amide bonds. The summed E-state index contributed by atoms with van der Waals surface area (Å²) >= 11 is 3.41. The van der Waals surface area contributed by atoms with Crippen molar-refractivity contribution in [1.29, 1.82) is 0 Å². The van der Waals surface area contributed by atoms with Crippen LogP contribution in [0.5, 0.6) is 0 Å². The lowest BCUT2D eigenvalue weighted by molar-refractivity contribution is -0.117. The average Bonchev–Trinajstić information content (AvgIpc) is 2.89. The van der Waals surface area contributed by atoms with Gasteiger partial charge in [-0.3, -0.25) is 9.59 Å². The molecule has 0 N–H and O–H groups in total. The van der Waals surface area contributed by atoms with Crippen LogP contribution in [-0.2, 0) is 19.1 Å². The van der Waals surface area contributed by atoms with Gasteiger partial charge in [0.15, 0.2) is 0 Å². The third-order valence-electron chi connectivity index (χ3n) is 6.53. The minimum atomic E-state index is 0.683. The van der Waals surface area contributed by atoms with Gasteiger partial charge < -0.3 is 19.3 Å². The fourth-order valence-corrected chi connectivity index (χ4v) is 5.55. The van der Waals surface area contributed by atoms with Crippen molar-refractivity contribution >= 4 is 36.3 Å². The van der Waals surface area contributed by atoms with E-state index in [0.29, 0.717) is 13.2 Å². The third-order valence-corrected chi connectivity index (χ3v) is 8.52. The lowest BCUT2D eigenvalue weighted by Crippen LogP contribution is -2.22. The monoisotopic (exact) mass is 544 g/mol. The Kier molecular flexibility index (Phi) is 23.7. The largest absolute Gasteiger partial charge is 0.384 e. The van der Waals surface area contributed by atoms with E-state index in [4.69, 9.17) is 9.47 Å². The van der Waals surface area contributed by atoms with Gasteiger partial charge in [0.05, 0.1) is 13.2 Å². The number of carbonyl (C=O) groups is 2. The van der Waals surface area contributed by atoms with Crippen molar-refractivity contribution in [1.82, 2.24) is 9.80 Å². The van der Waals surface area contributed by atoms with E-state index in [1.807, 2.05) is 23.6 Å². The molecule has 0 atom stereocenters. The summed E-state index contributed by atoms with van der Waals surface area (Å²) in [5, 5.41) is 0. The Balaban J connectivity index is 3.97. The molecular weight excluding hydrogens is 492 g/mol. The summed E-state index contributed by atoms with van der Waals surface area (Å²) in [6.07, 6.45) is 19.7. The number of hydrogen-bond acceptors (Lipinski definition) is 6. The van der Waals surface area contributed by atoms with Crippen molar-refractivity contribution in [2.45, 2.75) is 90.9 Å². The fourth-order valence-electron chi connectivity index (χ4n) is 4.15. The highest BCUT2D eigenvalue weighted by atomic mass is 32.2. The molecule has 0 bridgehead atoms. The van der Waals surface area contributed by atoms with Gasteiger partial charge in [0.25, 0.3) is 0 Å². The molecule has 36 heavy (non-hydrogen) atoms. The van der Waals surface area contributed by atoms with E-state index in [1.165, 1.54) is 61.2 Å². The van der Waals surface area contributed by atoms with Crippen molar-refractivity contribution in [2.75, 3.05) is 53.0 Å². The number of ether oxygens (including phenoxy) is 2. The number of unbranched alkanes of at least 4 members (excludes halogenated alkanes) is 9. The van der Waals surface area contributed by atoms with Crippen LogP contribution < -0.4 is 0 Å². The zero-order chi connectivity index (χ0) is 27.0. The zero-order valence-electron chi connectivity index (χ0n) is 23.8. The van der Waals surface area contributed by atoms with Crippen LogP contribution in [0.3, 0.4) is 0 Å². The van der Waals surface area contributed by atoms with Crippen LogP contribution in [-0.4, -0.2) is 75.7 Å². The SMILES string of the molecule is COCC/C(SC)=C(\C)N(C=O)CCCCCCCCCCCCN(C=O)/C(C)=C(/CCOC)SC. The van der Waals surface area contributed by atoms with Gasteiger partial charge >= 0.3 is 0 Å². The first-order valence-corrected chi connectivity index (χ1v) is 15.8. The Morgan fingerprint density at radius 1 is 0.611 bits per heavy atom. The van der Waals surface area contributed by atoms with Gasteiger partial charge in [-0.2, -0.15) is 0 Å². The Morgan fingerprint density at radius 2 is 0.917 bits per heavy atom. The summed E-state index contributed by atoms with van der Waals surface area (Å²) in [4.78, 5) is 29.2. The number of amides is 2. The Morgan fingerprint density at radius 3 is 1.17 bits per heavy atom. The summed E-state index contributed by atoms with van der Waals surface area (Å²) in [7, 11) is 3.42. The maximum absolute atomic E-state index is 11.5. The van der Waals surface area contributed by atoms with Crippen LogP contribution in [0.2, 0.25) is 0 Å². The van der Waals surface area contributed by atoms with Crippen molar-refractivity contribution in [3.05, 3.63) is 21.2 Å². The van der Waals surface area contributed by atoms with E-state index in [-0.39, 0.29) is 0 Å². The predicted octanol–water partition coefficient (Wildman–Crippen LogP) is 7.07. The molecule has 0 saturated carbocycles. The minimum absolute atomic E-state index is 0.683. The van der Waals surface area contributed by atoms with Gasteiger partial charge in [-0.15, -0.1) is 23.5 Å². The standard InChI is InChI=1S/C28H52N2O4S2/c1-25(27(35-5)17-21-33-3)29(23-31)19-15-13-11-9-7-8-10-12-14-16-20-30(24-32)26(2)28(36-6)18-22-34-4/h23-24H,7-22H2,1-6H3/b27-25-,28-26-. The first-order chi connectivity index (χ1) is 17.5. The molecule has 0 fully saturated rings. The van der Waals surface area contributed by atoms with Gasteiger partial charge in [0.2, 0.25) is 12.8 Å². The van der Waals surface area contributed by atoms with Gasteiger partial charge in [0.1, 0.15) is 0 Å². The maximum Gasteiger partial charge on any atom is 0.213 e. The first kappa shape index (κ1) is 35.0. The fraction of sp³-hybridized carbons (Fsp3) is 0.786.